The van der Waals surface area contributed by atoms with Crippen LogP contribution in [0.15, 0.2) is 48.5 Å². The molecular weight excluding hydrogens is 586 g/mol. The number of ether oxygens (including phenoxy) is 2. The van der Waals surface area contributed by atoms with E-state index in [1.165, 1.54) is 4.90 Å². The summed E-state index contributed by atoms with van der Waals surface area (Å²) in [5, 5.41) is 15.8. The number of amides is 3. The Kier molecular flexibility index (Phi) is 13.8. The van der Waals surface area contributed by atoms with E-state index in [1.54, 1.807) is 41.5 Å². The summed E-state index contributed by atoms with van der Waals surface area (Å²) in [6, 6.07) is 11.5. The second kappa shape index (κ2) is 16.6. The minimum Gasteiger partial charge on any atom is -0.458 e. The summed E-state index contributed by atoms with van der Waals surface area (Å²) in [7, 11) is 0. The molecule has 2 rings (SSSR count). The third-order valence-corrected chi connectivity index (χ3v) is 7.36. The molecule has 10 heteroatoms. The molecule has 4 unspecified atom stereocenters. The van der Waals surface area contributed by atoms with E-state index in [9.17, 15) is 24.3 Å². The Morgan fingerprint density at radius 2 is 1.50 bits per heavy atom. The van der Waals surface area contributed by atoms with Gasteiger partial charge in [0.15, 0.2) is 0 Å². The molecule has 3 amide bonds. The van der Waals surface area contributed by atoms with E-state index in [4.69, 9.17) is 9.47 Å². The van der Waals surface area contributed by atoms with E-state index in [0.717, 1.165) is 16.7 Å². The lowest BCUT2D eigenvalue weighted by atomic mass is 9.93. The van der Waals surface area contributed by atoms with E-state index >= 15 is 0 Å². The number of hydrogen-bond donors (Lipinski definition) is 3. The molecule has 0 radical (unpaired) electrons. The summed E-state index contributed by atoms with van der Waals surface area (Å²) < 4.78 is 11.1. The molecule has 0 heterocycles. The number of aryl methyl sites for hydroxylation is 2. The van der Waals surface area contributed by atoms with Crippen molar-refractivity contribution in [1.29, 1.82) is 0 Å². The fourth-order valence-corrected chi connectivity index (χ4v) is 4.94. The average molecular weight is 640 g/mol. The Balaban J connectivity index is 2.65. The number of rotatable bonds is 13. The summed E-state index contributed by atoms with van der Waals surface area (Å²) in [6.07, 6.45) is -0.0715. The molecule has 0 aliphatic carbocycles. The number of nitrogens with one attached hydrogen (secondary N) is 2. The van der Waals surface area contributed by atoms with Crippen molar-refractivity contribution in [2.75, 3.05) is 13.2 Å². The van der Waals surface area contributed by atoms with Crippen LogP contribution in [0.1, 0.15) is 90.1 Å². The number of alkyl carbamates (subject to hydrolysis) is 1. The number of carbonyl (C=O) groups is 4. The highest BCUT2D eigenvalue weighted by molar-refractivity contribution is 5.94. The fourth-order valence-electron chi connectivity index (χ4n) is 4.94. The first kappa shape index (κ1) is 38.3. The van der Waals surface area contributed by atoms with E-state index in [-0.39, 0.29) is 18.9 Å². The highest BCUT2D eigenvalue weighted by Gasteiger charge is 2.40. The number of hydrogen-bond acceptors (Lipinski definition) is 7. The predicted molar refractivity (Wildman–Crippen MR) is 178 cm³/mol. The Bertz CT molecular complexity index is 1330. The van der Waals surface area contributed by atoms with Gasteiger partial charge in [0.05, 0.1) is 6.61 Å². The molecular formula is C36H53N3O7. The van der Waals surface area contributed by atoms with Gasteiger partial charge in [0.25, 0.3) is 0 Å². The smallest absolute Gasteiger partial charge is 0.408 e. The Hall–Kier alpha value is -3.92. The molecule has 0 aromatic heterocycles. The Labute approximate surface area is 274 Å². The van der Waals surface area contributed by atoms with Gasteiger partial charge < -0.3 is 30.1 Å². The minimum absolute atomic E-state index is 0.157. The first-order valence-electron chi connectivity index (χ1n) is 15.9. The van der Waals surface area contributed by atoms with Gasteiger partial charge in [-0.25, -0.2) is 9.59 Å². The zero-order valence-electron chi connectivity index (χ0n) is 29.1. The van der Waals surface area contributed by atoms with Gasteiger partial charge in [0.1, 0.15) is 29.3 Å². The van der Waals surface area contributed by atoms with Crippen LogP contribution in [0.5, 0.6) is 0 Å². The Morgan fingerprint density at radius 1 is 0.891 bits per heavy atom. The van der Waals surface area contributed by atoms with Crippen LogP contribution in [-0.2, 0) is 30.3 Å². The molecule has 46 heavy (non-hydrogen) atoms. The van der Waals surface area contributed by atoms with Crippen LogP contribution >= 0.6 is 0 Å². The number of nitrogens with zero attached hydrogens (tertiary/aromatic N) is 1. The van der Waals surface area contributed by atoms with Crippen molar-refractivity contribution in [1.82, 2.24) is 15.5 Å². The van der Waals surface area contributed by atoms with Crippen LogP contribution in [0.2, 0.25) is 0 Å². The van der Waals surface area contributed by atoms with E-state index in [2.05, 4.69) is 10.6 Å². The standard InChI is InChI=1S/C36H53N3O7/c1-11-24(3)29(38-34(44)46-36(8,9)10)32(42)39(19-20-40)30(27-21-23(2)17-18-25(27)4)31(41)37-28(33(43)45-35(5,6)7)22-26-15-13-12-14-16-26/h12-18,21,24,28-30,40H,11,19-20,22H2,1-10H3,(H,37,41)(H,38,44). The van der Waals surface area contributed by atoms with Crippen molar-refractivity contribution in [3.63, 3.8) is 0 Å². The van der Waals surface area contributed by atoms with Gasteiger partial charge in [-0.15, -0.1) is 0 Å². The zero-order valence-corrected chi connectivity index (χ0v) is 29.1. The summed E-state index contributed by atoms with van der Waals surface area (Å²) in [6.45, 7) is 17.2. The van der Waals surface area contributed by atoms with Gasteiger partial charge in [-0.1, -0.05) is 74.4 Å². The predicted octanol–water partition coefficient (Wildman–Crippen LogP) is 5.17. The van der Waals surface area contributed by atoms with Crippen molar-refractivity contribution in [2.24, 2.45) is 5.92 Å². The largest absolute Gasteiger partial charge is 0.458 e. The molecule has 3 N–H and O–H groups in total. The van der Waals surface area contributed by atoms with Gasteiger partial charge in [0.2, 0.25) is 11.8 Å². The van der Waals surface area contributed by atoms with Crippen molar-refractivity contribution in [3.8, 4) is 0 Å². The molecule has 4 atom stereocenters. The molecule has 0 spiro atoms. The van der Waals surface area contributed by atoms with Crippen LogP contribution in [0.25, 0.3) is 0 Å². The van der Waals surface area contributed by atoms with Gasteiger partial charge >= 0.3 is 12.1 Å². The van der Waals surface area contributed by atoms with E-state index in [1.807, 2.05) is 76.2 Å². The van der Waals surface area contributed by atoms with Gasteiger partial charge in [0, 0.05) is 13.0 Å². The lowest BCUT2D eigenvalue weighted by Crippen LogP contribution is -2.57. The molecule has 0 aliphatic heterocycles. The molecule has 254 valence electrons. The van der Waals surface area contributed by atoms with Crippen molar-refractivity contribution in [3.05, 3.63) is 70.8 Å². The fraction of sp³-hybridized carbons (Fsp3) is 0.556. The molecule has 0 saturated heterocycles. The summed E-state index contributed by atoms with van der Waals surface area (Å²) in [4.78, 5) is 56.5. The number of esters is 1. The van der Waals surface area contributed by atoms with Crippen LogP contribution in [0, 0.1) is 19.8 Å². The third kappa shape index (κ3) is 11.8. The Morgan fingerprint density at radius 3 is 2.04 bits per heavy atom. The highest BCUT2D eigenvalue weighted by atomic mass is 16.6. The average Bonchev–Trinajstić information content (AvgIpc) is 2.95. The molecule has 0 aliphatic rings. The SMILES string of the molecule is CCC(C)C(NC(=O)OC(C)(C)C)C(=O)N(CCO)C(C(=O)NC(Cc1ccccc1)C(=O)OC(C)(C)C)c1cc(C)ccc1C. The number of aliphatic hydroxyl groups excluding tert-OH is 1. The third-order valence-electron chi connectivity index (χ3n) is 7.36. The van der Waals surface area contributed by atoms with Gasteiger partial charge in [-0.05, 0) is 78.0 Å². The quantitative estimate of drug-likeness (QED) is 0.257. The van der Waals surface area contributed by atoms with Crippen molar-refractivity contribution >= 4 is 23.9 Å². The number of carbonyl (C=O) groups excluding carboxylic acids is 4. The van der Waals surface area contributed by atoms with Gasteiger partial charge in [-0.2, -0.15) is 0 Å². The van der Waals surface area contributed by atoms with Crippen LogP contribution < -0.4 is 10.6 Å². The second-order valence-electron chi connectivity index (χ2n) is 13.8. The maximum absolute atomic E-state index is 14.5. The first-order chi connectivity index (χ1) is 21.4. The topological polar surface area (TPSA) is 134 Å². The van der Waals surface area contributed by atoms with E-state index < -0.39 is 59.8 Å². The van der Waals surface area contributed by atoms with Crippen LogP contribution in [0.4, 0.5) is 4.79 Å². The number of benzene rings is 2. The van der Waals surface area contributed by atoms with Crippen LogP contribution in [0.3, 0.4) is 0 Å². The first-order valence-corrected chi connectivity index (χ1v) is 15.9. The molecule has 0 fully saturated rings. The monoisotopic (exact) mass is 639 g/mol. The molecule has 0 bridgehead atoms. The summed E-state index contributed by atoms with van der Waals surface area (Å²) >= 11 is 0. The van der Waals surface area contributed by atoms with Crippen molar-refractivity contribution < 1.29 is 33.8 Å². The molecule has 2 aromatic carbocycles. The molecule has 2 aromatic rings. The van der Waals surface area contributed by atoms with Gasteiger partial charge in [-0.3, -0.25) is 9.59 Å². The maximum Gasteiger partial charge on any atom is 0.408 e. The normalized spacial score (nSPS) is 14.3. The highest BCUT2D eigenvalue weighted by Crippen LogP contribution is 2.28. The lowest BCUT2D eigenvalue weighted by molar-refractivity contribution is -0.159. The molecule has 0 saturated carbocycles. The summed E-state index contributed by atoms with van der Waals surface area (Å²) in [5.74, 6) is -2.14. The second-order valence-corrected chi connectivity index (χ2v) is 13.8. The zero-order chi connectivity index (χ0) is 34.8. The minimum atomic E-state index is -1.24. The molecule has 10 nitrogen and oxygen atoms in total. The summed E-state index contributed by atoms with van der Waals surface area (Å²) in [5.41, 5.74) is 1.32. The number of aliphatic hydroxyl groups is 1. The van der Waals surface area contributed by atoms with E-state index in [0.29, 0.717) is 12.0 Å². The maximum atomic E-state index is 14.5. The van der Waals surface area contributed by atoms with Crippen molar-refractivity contribution in [2.45, 2.75) is 111 Å². The van der Waals surface area contributed by atoms with Crippen LogP contribution in [-0.4, -0.2) is 70.3 Å². The lowest BCUT2D eigenvalue weighted by Gasteiger charge is -2.37.